The second kappa shape index (κ2) is 9.71. The molecule has 6 rings (SSSR count). The van der Waals surface area contributed by atoms with E-state index in [2.05, 4.69) is 10.1 Å². The van der Waals surface area contributed by atoms with E-state index in [0.717, 1.165) is 28.9 Å². The molecule has 0 bridgehead atoms. The van der Waals surface area contributed by atoms with Crippen molar-refractivity contribution in [1.29, 1.82) is 0 Å². The second-order valence-corrected chi connectivity index (χ2v) is 8.88. The fraction of sp³-hybridized carbons (Fsp3) is 0.250. The van der Waals surface area contributed by atoms with Crippen LogP contribution in [0, 0.1) is 0 Å². The lowest BCUT2D eigenvalue weighted by molar-refractivity contribution is 0.0565. The summed E-state index contributed by atoms with van der Waals surface area (Å²) in [5, 5.41) is 14.7. The van der Waals surface area contributed by atoms with Gasteiger partial charge in [-0.15, -0.1) is 5.10 Å². The summed E-state index contributed by atoms with van der Waals surface area (Å²) < 4.78 is 30.3. The van der Waals surface area contributed by atoms with E-state index in [9.17, 15) is 5.11 Å². The van der Waals surface area contributed by atoms with E-state index in [1.807, 2.05) is 42.5 Å². The number of aromatic hydroxyl groups is 1. The summed E-state index contributed by atoms with van der Waals surface area (Å²) in [5.41, 5.74) is 3.09. The molecule has 0 unspecified atom stereocenters. The lowest BCUT2D eigenvalue weighted by Crippen LogP contribution is -2.17. The summed E-state index contributed by atoms with van der Waals surface area (Å²) in [6.45, 7) is 0.169. The largest absolute Gasteiger partial charge is 0.508 e. The first-order chi connectivity index (χ1) is 18.6. The number of ether oxygens (including phenoxy) is 5. The molecule has 2 aromatic carbocycles. The number of phenolic OH excluding ortho intramolecular Hbond substituents is 1. The number of benzene rings is 2. The molecule has 1 aliphatic heterocycles. The van der Waals surface area contributed by atoms with Crippen molar-refractivity contribution in [3.05, 3.63) is 89.2 Å². The molecule has 194 valence electrons. The molecule has 2 atom stereocenters. The molecule has 2 aromatic heterocycles. The molecule has 3 heterocycles. The molecule has 0 saturated carbocycles. The topological polar surface area (TPSA) is 109 Å². The lowest BCUT2D eigenvalue weighted by Gasteiger charge is -2.28. The molecule has 0 radical (unpaired) electrons. The maximum atomic E-state index is 10.1. The number of phenols is 1. The Morgan fingerprint density at radius 3 is 2.76 bits per heavy atom. The van der Waals surface area contributed by atoms with Gasteiger partial charge in [0.2, 0.25) is 5.88 Å². The van der Waals surface area contributed by atoms with E-state index in [1.165, 1.54) is 0 Å². The maximum absolute atomic E-state index is 10.1. The molecule has 10 heteroatoms. The number of nitrogens with zero attached hydrogens (tertiary/aromatic N) is 4. The van der Waals surface area contributed by atoms with Crippen molar-refractivity contribution >= 4 is 5.65 Å². The Morgan fingerprint density at radius 2 is 1.95 bits per heavy atom. The van der Waals surface area contributed by atoms with Crippen LogP contribution in [0.5, 0.6) is 28.9 Å². The average molecular weight is 515 g/mol. The number of hydrogen-bond acceptors (Lipinski definition) is 9. The van der Waals surface area contributed by atoms with Gasteiger partial charge in [-0.25, -0.2) is 14.5 Å². The predicted octanol–water partition coefficient (Wildman–Crippen LogP) is 4.51. The van der Waals surface area contributed by atoms with Gasteiger partial charge in [-0.2, -0.15) is 0 Å². The molecular formula is C28H26N4O6. The SMILES string of the molecule is COc1ccc([C@@H]2c3ccc(O)cc3Oc3ncn4nc(COC5=CC=CC[C@H]5OC)nc4c32)cc1OC. The number of hydrogen-bond donors (Lipinski definition) is 1. The van der Waals surface area contributed by atoms with E-state index in [0.29, 0.717) is 34.6 Å². The van der Waals surface area contributed by atoms with Crippen LogP contribution in [-0.4, -0.2) is 52.1 Å². The zero-order valence-electron chi connectivity index (χ0n) is 21.1. The van der Waals surface area contributed by atoms with Gasteiger partial charge in [0.05, 0.1) is 19.8 Å². The molecule has 4 aromatic rings. The normalized spacial score (nSPS) is 17.8. The predicted molar refractivity (Wildman–Crippen MR) is 137 cm³/mol. The Morgan fingerprint density at radius 1 is 1.08 bits per heavy atom. The van der Waals surface area contributed by atoms with E-state index in [-0.39, 0.29) is 24.4 Å². The van der Waals surface area contributed by atoms with E-state index < -0.39 is 0 Å². The Hall–Kier alpha value is -4.57. The van der Waals surface area contributed by atoms with E-state index in [4.69, 9.17) is 28.7 Å². The fourth-order valence-corrected chi connectivity index (χ4v) is 4.88. The molecule has 2 aliphatic rings. The molecule has 1 N–H and O–H groups in total. The first-order valence-corrected chi connectivity index (χ1v) is 12.1. The van der Waals surface area contributed by atoms with Crippen LogP contribution in [0.2, 0.25) is 0 Å². The average Bonchev–Trinajstić information content (AvgIpc) is 3.38. The van der Waals surface area contributed by atoms with Crippen LogP contribution >= 0.6 is 0 Å². The number of allylic oxidation sites excluding steroid dienone is 2. The van der Waals surface area contributed by atoms with Gasteiger partial charge in [-0.05, 0) is 36.3 Å². The third-order valence-electron chi connectivity index (χ3n) is 6.69. The summed E-state index contributed by atoms with van der Waals surface area (Å²) in [7, 11) is 4.86. The van der Waals surface area contributed by atoms with Gasteiger partial charge in [0.1, 0.15) is 36.3 Å². The van der Waals surface area contributed by atoms with Crippen molar-refractivity contribution < 1.29 is 28.8 Å². The van der Waals surface area contributed by atoms with Crippen LogP contribution in [0.1, 0.15) is 34.9 Å². The highest BCUT2D eigenvalue weighted by atomic mass is 16.5. The molecule has 10 nitrogen and oxygen atoms in total. The minimum absolute atomic E-state index is 0.0995. The summed E-state index contributed by atoms with van der Waals surface area (Å²) in [5.74, 6) is 3.11. The van der Waals surface area contributed by atoms with Crippen LogP contribution in [-0.2, 0) is 16.1 Å². The van der Waals surface area contributed by atoms with Gasteiger partial charge in [0, 0.05) is 24.7 Å². The Balaban J connectivity index is 1.45. The first kappa shape index (κ1) is 23.8. The Kier molecular flexibility index (Phi) is 6.09. The molecule has 38 heavy (non-hydrogen) atoms. The van der Waals surface area contributed by atoms with Crippen molar-refractivity contribution in [3.8, 4) is 28.9 Å². The van der Waals surface area contributed by atoms with Gasteiger partial charge < -0.3 is 28.8 Å². The molecule has 0 fully saturated rings. The van der Waals surface area contributed by atoms with Crippen LogP contribution in [0.4, 0.5) is 0 Å². The highest BCUT2D eigenvalue weighted by Gasteiger charge is 2.34. The van der Waals surface area contributed by atoms with Crippen molar-refractivity contribution in [2.75, 3.05) is 21.3 Å². The van der Waals surface area contributed by atoms with Gasteiger partial charge in [0.25, 0.3) is 0 Å². The van der Waals surface area contributed by atoms with Crippen LogP contribution in [0.25, 0.3) is 5.65 Å². The van der Waals surface area contributed by atoms with Crippen molar-refractivity contribution in [2.24, 2.45) is 0 Å². The highest BCUT2D eigenvalue weighted by Crippen LogP contribution is 2.49. The number of rotatable bonds is 7. The summed E-state index contributed by atoms with van der Waals surface area (Å²) in [6.07, 6.45) is 8.05. The summed E-state index contributed by atoms with van der Waals surface area (Å²) in [4.78, 5) is 9.36. The zero-order valence-corrected chi connectivity index (χ0v) is 21.1. The fourth-order valence-electron chi connectivity index (χ4n) is 4.88. The van der Waals surface area contributed by atoms with Gasteiger partial charge in [-0.3, -0.25) is 0 Å². The van der Waals surface area contributed by atoms with Crippen molar-refractivity contribution in [1.82, 2.24) is 19.6 Å². The second-order valence-electron chi connectivity index (χ2n) is 8.88. The number of aromatic nitrogens is 4. The smallest absolute Gasteiger partial charge is 0.228 e. The van der Waals surface area contributed by atoms with E-state index >= 15 is 0 Å². The Labute approximate surface area is 218 Å². The lowest BCUT2D eigenvalue weighted by atomic mass is 9.83. The third-order valence-corrected chi connectivity index (χ3v) is 6.69. The zero-order chi connectivity index (χ0) is 26.2. The number of methoxy groups -OCH3 is 3. The van der Waals surface area contributed by atoms with Gasteiger partial charge >= 0.3 is 0 Å². The Bertz CT molecular complexity index is 1580. The van der Waals surface area contributed by atoms with Crippen molar-refractivity contribution in [2.45, 2.75) is 25.0 Å². The standard InChI is InChI=1S/C28H26N4O6/c1-34-19-6-4-5-7-21(19)37-14-24-30-27-26-25(16-8-11-20(35-2)23(12-16)36-3)18-10-9-17(33)13-22(18)38-28(26)29-15-32(27)31-24/h4-5,7-13,15,19,25,33H,6,14H2,1-3H3/t19-,25-/m1/s1. The summed E-state index contributed by atoms with van der Waals surface area (Å²) in [6, 6.07) is 10.8. The van der Waals surface area contributed by atoms with Crippen LogP contribution in [0.15, 0.2) is 66.7 Å². The molecule has 0 spiro atoms. The first-order valence-electron chi connectivity index (χ1n) is 12.1. The monoisotopic (exact) mass is 514 g/mol. The minimum atomic E-state index is -0.326. The van der Waals surface area contributed by atoms with Gasteiger partial charge in [0.15, 0.2) is 23.0 Å². The van der Waals surface area contributed by atoms with Crippen LogP contribution in [0.3, 0.4) is 0 Å². The molecule has 0 amide bonds. The number of fused-ring (bicyclic) bond motifs is 4. The van der Waals surface area contributed by atoms with Crippen molar-refractivity contribution in [3.63, 3.8) is 0 Å². The molecule has 1 aliphatic carbocycles. The molecular weight excluding hydrogens is 488 g/mol. The van der Waals surface area contributed by atoms with E-state index in [1.54, 1.807) is 44.3 Å². The third kappa shape index (κ3) is 4.08. The van der Waals surface area contributed by atoms with Crippen LogP contribution < -0.4 is 14.2 Å². The minimum Gasteiger partial charge on any atom is -0.508 e. The highest BCUT2D eigenvalue weighted by molar-refractivity contribution is 5.67. The van der Waals surface area contributed by atoms with Gasteiger partial charge in [-0.1, -0.05) is 24.3 Å². The summed E-state index contributed by atoms with van der Waals surface area (Å²) >= 11 is 0. The maximum Gasteiger partial charge on any atom is 0.228 e. The molecule has 0 saturated heterocycles. The quantitative estimate of drug-likeness (QED) is 0.335.